The van der Waals surface area contributed by atoms with Crippen LogP contribution in [0.1, 0.15) is 4.88 Å². The molecule has 0 saturated heterocycles. The third kappa shape index (κ3) is 4.54. The van der Waals surface area contributed by atoms with E-state index in [1.54, 1.807) is 29.5 Å². The van der Waals surface area contributed by atoms with E-state index in [2.05, 4.69) is 21.2 Å². The molecule has 2 rings (SSSR count). The van der Waals surface area contributed by atoms with Gasteiger partial charge in [-0.1, -0.05) is 12.1 Å². The summed E-state index contributed by atoms with van der Waals surface area (Å²) in [5.41, 5.74) is 0. The van der Waals surface area contributed by atoms with Crippen LogP contribution in [-0.4, -0.2) is 24.2 Å². The van der Waals surface area contributed by atoms with Crippen LogP contribution in [0.25, 0.3) is 0 Å². The van der Waals surface area contributed by atoms with Crippen molar-refractivity contribution < 1.29 is 14.6 Å². The van der Waals surface area contributed by atoms with Crippen LogP contribution >= 0.6 is 27.3 Å². The monoisotopic (exact) mass is 355 g/mol. The van der Waals surface area contributed by atoms with E-state index in [4.69, 9.17) is 4.74 Å². The van der Waals surface area contributed by atoms with Crippen LogP contribution < -0.4 is 10.1 Å². The molecule has 0 radical (unpaired) electrons. The Morgan fingerprint density at radius 1 is 1.30 bits per heavy atom. The van der Waals surface area contributed by atoms with Crippen LogP contribution in [0, 0.1) is 0 Å². The van der Waals surface area contributed by atoms with Gasteiger partial charge < -0.3 is 15.2 Å². The molecule has 1 amide bonds. The van der Waals surface area contributed by atoms with Crippen molar-refractivity contribution in [3.05, 3.63) is 45.1 Å². The molecule has 0 aliphatic rings. The van der Waals surface area contributed by atoms with Crippen LogP contribution in [0.3, 0.4) is 0 Å². The smallest absolute Gasteiger partial charge is 0.257 e. The van der Waals surface area contributed by atoms with Gasteiger partial charge in [-0.05, 0) is 46.6 Å². The van der Waals surface area contributed by atoms with Gasteiger partial charge >= 0.3 is 0 Å². The zero-order valence-corrected chi connectivity index (χ0v) is 13.0. The Kier molecular flexibility index (Phi) is 5.43. The summed E-state index contributed by atoms with van der Waals surface area (Å²) < 4.78 is 6.32. The molecule has 0 aliphatic heterocycles. The first-order valence-corrected chi connectivity index (χ1v) is 7.68. The standard InChI is InChI=1S/C14H14BrNO3S/c15-13-6-5-10(20-13)7-8-16-14(18)9-19-12-4-2-1-3-11(12)17/h1-6,17H,7-9H2,(H,16,18). The summed E-state index contributed by atoms with van der Waals surface area (Å²) in [6, 6.07) is 10.6. The van der Waals surface area contributed by atoms with Gasteiger partial charge in [-0.2, -0.15) is 0 Å². The molecule has 0 spiro atoms. The number of para-hydroxylation sites is 2. The van der Waals surface area contributed by atoms with Gasteiger partial charge in [-0.15, -0.1) is 11.3 Å². The van der Waals surface area contributed by atoms with Gasteiger partial charge in [0.1, 0.15) is 0 Å². The minimum Gasteiger partial charge on any atom is -0.504 e. The Balaban J connectivity index is 1.69. The quantitative estimate of drug-likeness (QED) is 0.837. The molecule has 1 aromatic carbocycles. The van der Waals surface area contributed by atoms with E-state index in [9.17, 15) is 9.90 Å². The number of nitrogens with one attached hydrogen (secondary N) is 1. The molecule has 0 aliphatic carbocycles. The Morgan fingerprint density at radius 2 is 2.10 bits per heavy atom. The molecular weight excluding hydrogens is 342 g/mol. The number of benzene rings is 1. The maximum Gasteiger partial charge on any atom is 0.257 e. The largest absolute Gasteiger partial charge is 0.504 e. The average Bonchev–Trinajstić information content (AvgIpc) is 2.83. The van der Waals surface area contributed by atoms with Gasteiger partial charge in [0.05, 0.1) is 3.79 Å². The van der Waals surface area contributed by atoms with Crippen molar-refractivity contribution in [1.82, 2.24) is 5.32 Å². The van der Waals surface area contributed by atoms with Crippen molar-refractivity contribution in [2.24, 2.45) is 0 Å². The zero-order valence-electron chi connectivity index (χ0n) is 10.6. The maximum atomic E-state index is 11.6. The number of hydrogen-bond acceptors (Lipinski definition) is 4. The summed E-state index contributed by atoms with van der Waals surface area (Å²) in [5.74, 6) is 0.137. The normalized spacial score (nSPS) is 10.2. The minimum absolute atomic E-state index is 0.0312. The summed E-state index contributed by atoms with van der Waals surface area (Å²) in [4.78, 5) is 12.8. The summed E-state index contributed by atoms with van der Waals surface area (Å²) in [6.07, 6.45) is 0.790. The van der Waals surface area contributed by atoms with Gasteiger partial charge in [0.25, 0.3) is 5.91 Å². The highest BCUT2D eigenvalue weighted by atomic mass is 79.9. The number of phenols is 1. The predicted octanol–water partition coefficient (Wildman–Crippen LogP) is 2.95. The van der Waals surface area contributed by atoms with E-state index in [0.29, 0.717) is 12.3 Å². The summed E-state index contributed by atoms with van der Waals surface area (Å²) >= 11 is 5.05. The first-order chi connectivity index (χ1) is 9.65. The second-order valence-electron chi connectivity index (χ2n) is 4.06. The Bertz CT molecular complexity index is 585. The van der Waals surface area contributed by atoms with Crippen LogP contribution in [0.4, 0.5) is 0 Å². The fourth-order valence-corrected chi connectivity index (χ4v) is 3.07. The number of thiophene rings is 1. The van der Waals surface area contributed by atoms with Crippen LogP contribution in [0.15, 0.2) is 40.2 Å². The minimum atomic E-state index is -0.205. The fourth-order valence-electron chi connectivity index (χ4n) is 1.58. The number of halogens is 1. The van der Waals surface area contributed by atoms with Crippen molar-refractivity contribution in [2.75, 3.05) is 13.2 Å². The molecule has 2 N–H and O–H groups in total. The Hall–Kier alpha value is -1.53. The third-order valence-corrected chi connectivity index (χ3v) is 4.23. The second kappa shape index (κ2) is 7.31. The Morgan fingerprint density at radius 3 is 2.80 bits per heavy atom. The lowest BCUT2D eigenvalue weighted by atomic mass is 10.3. The molecule has 106 valence electrons. The number of ether oxygens (including phenoxy) is 1. The average molecular weight is 356 g/mol. The molecular formula is C14H14BrNO3S. The van der Waals surface area contributed by atoms with E-state index < -0.39 is 0 Å². The number of phenolic OH excluding ortho intramolecular Hbond substituents is 1. The van der Waals surface area contributed by atoms with Crippen molar-refractivity contribution in [3.63, 3.8) is 0 Å². The van der Waals surface area contributed by atoms with Crippen molar-refractivity contribution in [3.8, 4) is 11.5 Å². The van der Waals surface area contributed by atoms with Crippen molar-refractivity contribution in [2.45, 2.75) is 6.42 Å². The molecule has 6 heteroatoms. The van der Waals surface area contributed by atoms with E-state index in [-0.39, 0.29) is 18.3 Å². The molecule has 1 heterocycles. The van der Waals surface area contributed by atoms with Gasteiger partial charge in [0, 0.05) is 11.4 Å². The van der Waals surface area contributed by atoms with E-state index in [1.807, 2.05) is 12.1 Å². The molecule has 0 unspecified atom stereocenters. The first-order valence-electron chi connectivity index (χ1n) is 6.07. The lowest BCUT2D eigenvalue weighted by Gasteiger charge is -2.08. The number of carbonyl (C=O) groups is 1. The fraction of sp³-hybridized carbons (Fsp3) is 0.214. The molecule has 4 nitrogen and oxygen atoms in total. The number of rotatable bonds is 6. The topological polar surface area (TPSA) is 58.6 Å². The van der Waals surface area contributed by atoms with Gasteiger partial charge in [0.2, 0.25) is 0 Å². The Labute approximate surface area is 129 Å². The van der Waals surface area contributed by atoms with Crippen molar-refractivity contribution >= 4 is 33.2 Å². The molecule has 0 saturated carbocycles. The molecule has 0 fully saturated rings. The maximum absolute atomic E-state index is 11.6. The molecule has 20 heavy (non-hydrogen) atoms. The second-order valence-corrected chi connectivity index (χ2v) is 6.61. The van der Waals surface area contributed by atoms with Gasteiger partial charge in [-0.25, -0.2) is 0 Å². The molecule has 1 aromatic heterocycles. The highest BCUT2D eigenvalue weighted by Crippen LogP contribution is 2.24. The SMILES string of the molecule is O=C(COc1ccccc1O)NCCc1ccc(Br)s1. The van der Waals surface area contributed by atoms with Crippen LogP contribution in [0.2, 0.25) is 0 Å². The highest BCUT2D eigenvalue weighted by Gasteiger charge is 2.05. The lowest BCUT2D eigenvalue weighted by Crippen LogP contribution is -2.30. The lowest BCUT2D eigenvalue weighted by molar-refractivity contribution is -0.123. The van der Waals surface area contributed by atoms with Crippen LogP contribution in [-0.2, 0) is 11.2 Å². The zero-order chi connectivity index (χ0) is 14.4. The number of hydrogen-bond donors (Lipinski definition) is 2. The van der Waals surface area contributed by atoms with Crippen molar-refractivity contribution in [1.29, 1.82) is 0 Å². The number of carbonyl (C=O) groups excluding carboxylic acids is 1. The number of amides is 1. The molecule has 0 bridgehead atoms. The van der Waals surface area contributed by atoms with Crippen LogP contribution in [0.5, 0.6) is 11.5 Å². The van der Waals surface area contributed by atoms with E-state index >= 15 is 0 Å². The summed E-state index contributed by atoms with van der Waals surface area (Å²) in [5, 5.41) is 12.3. The summed E-state index contributed by atoms with van der Waals surface area (Å²) in [6.45, 7) is 0.460. The first kappa shape index (κ1) is 14.9. The summed E-state index contributed by atoms with van der Waals surface area (Å²) in [7, 11) is 0. The highest BCUT2D eigenvalue weighted by molar-refractivity contribution is 9.11. The number of aromatic hydroxyl groups is 1. The molecule has 2 aromatic rings. The van der Waals surface area contributed by atoms with E-state index in [0.717, 1.165) is 10.2 Å². The van der Waals surface area contributed by atoms with E-state index in [1.165, 1.54) is 10.9 Å². The van der Waals surface area contributed by atoms with Gasteiger partial charge in [-0.3, -0.25) is 4.79 Å². The molecule has 0 atom stereocenters. The third-order valence-electron chi connectivity index (χ3n) is 2.55. The predicted molar refractivity (Wildman–Crippen MR) is 82.3 cm³/mol. The van der Waals surface area contributed by atoms with Gasteiger partial charge in [0.15, 0.2) is 18.1 Å².